The Kier molecular flexibility index (Phi) is 6.82. The van der Waals surface area contributed by atoms with E-state index in [9.17, 15) is 9.18 Å². The van der Waals surface area contributed by atoms with Crippen molar-refractivity contribution in [1.29, 1.82) is 0 Å². The molecule has 1 heterocycles. The van der Waals surface area contributed by atoms with E-state index in [-0.39, 0.29) is 11.7 Å². The van der Waals surface area contributed by atoms with Gasteiger partial charge in [0.1, 0.15) is 5.82 Å². The Bertz CT molecular complexity index is 739. The minimum atomic E-state index is -0.325. The molecule has 0 aliphatic carbocycles. The van der Waals surface area contributed by atoms with Crippen LogP contribution in [0.1, 0.15) is 28.8 Å². The Morgan fingerprint density at radius 1 is 1.04 bits per heavy atom. The van der Waals surface area contributed by atoms with E-state index in [0.717, 1.165) is 45.6 Å². The molecule has 144 valence electrons. The fourth-order valence-corrected chi connectivity index (χ4v) is 3.42. The van der Waals surface area contributed by atoms with Gasteiger partial charge in [0.2, 0.25) is 0 Å². The van der Waals surface area contributed by atoms with Crippen molar-refractivity contribution in [1.82, 2.24) is 10.2 Å². The number of hydrogen-bond acceptors (Lipinski definition) is 3. The van der Waals surface area contributed by atoms with Crippen molar-refractivity contribution in [2.24, 2.45) is 0 Å². The number of amides is 1. The zero-order chi connectivity index (χ0) is 19.1. The maximum atomic E-state index is 12.9. The van der Waals surface area contributed by atoms with Crippen LogP contribution in [0, 0.1) is 12.7 Å². The van der Waals surface area contributed by atoms with E-state index >= 15 is 0 Å². The molecule has 4 nitrogen and oxygen atoms in total. The van der Waals surface area contributed by atoms with Gasteiger partial charge >= 0.3 is 0 Å². The molecule has 27 heavy (non-hydrogen) atoms. The Balaban J connectivity index is 1.30. The molecular weight excluding hydrogens is 341 g/mol. The van der Waals surface area contributed by atoms with Crippen molar-refractivity contribution in [3.05, 3.63) is 65.5 Å². The first-order valence-electron chi connectivity index (χ1n) is 9.69. The molecule has 1 N–H and O–H groups in total. The van der Waals surface area contributed by atoms with E-state index in [1.54, 1.807) is 0 Å². The summed E-state index contributed by atoms with van der Waals surface area (Å²) in [6.07, 6.45) is 2.01. The first kappa shape index (κ1) is 19.4. The number of nitrogens with one attached hydrogen (secondary N) is 1. The molecule has 1 saturated heterocycles. The number of anilines is 1. The van der Waals surface area contributed by atoms with Gasteiger partial charge in [-0.25, -0.2) is 4.39 Å². The Morgan fingerprint density at radius 2 is 1.78 bits per heavy atom. The standard InChI is InChI=1S/C22H28FN3O/c1-18-5-4-6-21(17-18)26-15-13-25(14-16-26)12-3-2-11-24-22(27)19-7-9-20(23)10-8-19/h4-10,17H,2-3,11-16H2,1H3,(H,24,27). The monoisotopic (exact) mass is 369 g/mol. The fraction of sp³-hybridized carbons (Fsp3) is 0.409. The van der Waals surface area contributed by atoms with Crippen molar-refractivity contribution >= 4 is 11.6 Å². The average molecular weight is 369 g/mol. The SMILES string of the molecule is Cc1cccc(N2CCN(CCCCNC(=O)c3ccc(F)cc3)CC2)c1. The maximum absolute atomic E-state index is 12.9. The lowest BCUT2D eigenvalue weighted by molar-refractivity contribution is 0.0952. The van der Waals surface area contributed by atoms with Crippen LogP contribution in [0.2, 0.25) is 0 Å². The van der Waals surface area contributed by atoms with Gasteiger partial charge in [-0.05, 0) is 68.3 Å². The molecule has 2 aromatic carbocycles. The maximum Gasteiger partial charge on any atom is 0.251 e. The van der Waals surface area contributed by atoms with Crippen LogP contribution in [0.25, 0.3) is 0 Å². The van der Waals surface area contributed by atoms with Crippen LogP contribution in [-0.4, -0.2) is 50.1 Å². The van der Waals surface area contributed by atoms with Crippen LogP contribution in [0.3, 0.4) is 0 Å². The number of aryl methyl sites for hydroxylation is 1. The minimum absolute atomic E-state index is 0.137. The zero-order valence-corrected chi connectivity index (χ0v) is 16.0. The highest BCUT2D eigenvalue weighted by Crippen LogP contribution is 2.17. The molecule has 3 rings (SSSR count). The second-order valence-electron chi connectivity index (χ2n) is 7.14. The lowest BCUT2D eigenvalue weighted by Gasteiger charge is -2.36. The summed E-state index contributed by atoms with van der Waals surface area (Å²) in [7, 11) is 0. The highest BCUT2D eigenvalue weighted by molar-refractivity contribution is 5.94. The molecule has 1 amide bonds. The van der Waals surface area contributed by atoms with Gasteiger partial charge in [-0.2, -0.15) is 0 Å². The van der Waals surface area contributed by atoms with Crippen LogP contribution in [0.5, 0.6) is 0 Å². The van der Waals surface area contributed by atoms with Crippen molar-refractivity contribution in [3.8, 4) is 0 Å². The van der Waals surface area contributed by atoms with E-state index in [2.05, 4.69) is 46.3 Å². The molecule has 1 aliphatic heterocycles. The van der Waals surface area contributed by atoms with Crippen molar-refractivity contribution < 1.29 is 9.18 Å². The van der Waals surface area contributed by atoms with Crippen LogP contribution < -0.4 is 10.2 Å². The van der Waals surface area contributed by atoms with Gasteiger partial charge in [-0.1, -0.05) is 12.1 Å². The summed E-state index contributed by atoms with van der Waals surface area (Å²) in [6, 6.07) is 14.3. The molecule has 2 aromatic rings. The van der Waals surface area contributed by atoms with E-state index in [1.807, 2.05) is 0 Å². The summed E-state index contributed by atoms with van der Waals surface area (Å²) in [5, 5.41) is 2.90. The molecule has 5 heteroatoms. The third-order valence-corrected chi connectivity index (χ3v) is 5.03. The van der Waals surface area contributed by atoms with Crippen LogP contribution in [0.15, 0.2) is 48.5 Å². The normalized spacial score (nSPS) is 15.0. The summed E-state index contributed by atoms with van der Waals surface area (Å²) in [4.78, 5) is 16.9. The number of rotatable bonds is 7. The Labute approximate surface area is 161 Å². The Hall–Kier alpha value is -2.40. The predicted molar refractivity (Wildman–Crippen MR) is 108 cm³/mol. The topological polar surface area (TPSA) is 35.6 Å². The van der Waals surface area contributed by atoms with E-state index in [0.29, 0.717) is 12.1 Å². The molecule has 1 aliphatic rings. The summed E-state index contributed by atoms with van der Waals surface area (Å²) < 4.78 is 12.9. The number of nitrogens with zero attached hydrogens (tertiary/aromatic N) is 2. The quantitative estimate of drug-likeness (QED) is 0.759. The number of carbonyl (C=O) groups is 1. The lowest BCUT2D eigenvalue weighted by atomic mass is 10.2. The van der Waals surface area contributed by atoms with E-state index in [1.165, 1.54) is 35.5 Å². The number of piperazine rings is 1. The van der Waals surface area contributed by atoms with Gasteiger partial charge in [0.05, 0.1) is 0 Å². The molecule has 0 aromatic heterocycles. The highest BCUT2D eigenvalue weighted by Gasteiger charge is 2.16. The highest BCUT2D eigenvalue weighted by atomic mass is 19.1. The minimum Gasteiger partial charge on any atom is -0.369 e. The molecule has 0 saturated carbocycles. The fourth-order valence-electron chi connectivity index (χ4n) is 3.42. The van der Waals surface area contributed by atoms with Crippen molar-refractivity contribution in [2.75, 3.05) is 44.2 Å². The molecule has 0 spiro atoms. The van der Waals surface area contributed by atoms with E-state index < -0.39 is 0 Å². The lowest BCUT2D eigenvalue weighted by Crippen LogP contribution is -2.46. The number of halogens is 1. The first-order chi connectivity index (χ1) is 13.1. The van der Waals surface area contributed by atoms with Gasteiger partial charge in [0.15, 0.2) is 0 Å². The summed E-state index contributed by atoms with van der Waals surface area (Å²) in [5.74, 6) is -0.462. The smallest absolute Gasteiger partial charge is 0.251 e. The van der Waals surface area contributed by atoms with Crippen molar-refractivity contribution in [2.45, 2.75) is 19.8 Å². The average Bonchev–Trinajstić information content (AvgIpc) is 2.68. The second-order valence-corrected chi connectivity index (χ2v) is 7.14. The van der Waals surface area contributed by atoms with Crippen molar-refractivity contribution in [3.63, 3.8) is 0 Å². The number of hydrogen-bond donors (Lipinski definition) is 1. The van der Waals surface area contributed by atoms with Gasteiger partial charge < -0.3 is 10.2 Å². The predicted octanol–water partition coefficient (Wildman–Crippen LogP) is 3.47. The molecule has 0 radical (unpaired) electrons. The third-order valence-electron chi connectivity index (χ3n) is 5.03. The largest absolute Gasteiger partial charge is 0.369 e. The molecular formula is C22H28FN3O. The summed E-state index contributed by atoms with van der Waals surface area (Å²) >= 11 is 0. The molecule has 0 bridgehead atoms. The molecule has 0 atom stereocenters. The summed E-state index contributed by atoms with van der Waals surface area (Å²) in [5.41, 5.74) is 3.12. The van der Waals surface area contributed by atoms with Gasteiger partial charge in [0.25, 0.3) is 5.91 Å². The number of carbonyl (C=O) groups excluding carboxylic acids is 1. The van der Waals surface area contributed by atoms with Gasteiger partial charge in [-0.15, -0.1) is 0 Å². The second kappa shape index (κ2) is 9.51. The van der Waals surface area contributed by atoms with Crippen LogP contribution in [0.4, 0.5) is 10.1 Å². The van der Waals surface area contributed by atoms with E-state index in [4.69, 9.17) is 0 Å². The molecule has 1 fully saturated rings. The van der Waals surface area contributed by atoms with Gasteiger partial charge in [-0.3, -0.25) is 9.69 Å². The molecule has 0 unspecified atom stereocenters. The van der Waals surface area contributed by atoms with Crippen LogP contribution in [-0.2, 0) is 0 Å². The number of benzene rings is 2. The third kappa shape index (κ3) is 5.79. The van der Waals surface area contributed by atoms with Crippen LogP contribution >= 0.6 is 0 Å². The zero-order valence-electron chi connectivity index (χ0n) is 16.0. The summed E-state index contributed by atoms with van der Waals surface area (Å²) in [6.45, 7) is 8.13. The number of unbranched alkanes of at least 4 members (excludes halogenated alkanes) is 1. The first-order valence-corrected chi connectivity index (χ1v) is 9.69. The van der Waals surface area contributed by atoms with Gasteiger partial charge in [0, 0.05) is 44.0 Å². The Morgan fingerprint density at radius 3 is 2.48 bits per heavy atom.